The van der Waals surface area contributed by atoms with Gasteiger partial charge < -0.3 is 4.57 Å². The standard InChI is InChI=1S/C12H20BrN3O2S/c1-3-15-8-12(14-9-15)19(17,18)16-6-4-11(5-7-16)10(2)13/h8-11H,3-7H2,1-2H3. The van der Waals surface area contributed by atoms with E-state index >= 15 is 0 Å². The van der Waals surface area contributed by atoms with Crippen LogP contribution >= 0.6 is 15.9 Å². The second-order valence-corrected chi connectivity index (χ2v) is 8.29. The first kappa shape index (κ1) is 15.0. The maximum Gasteiger partial charge on any atom is 0.262 e. The third kappa shape index (κ3) is 3.20. The highest BCUT2D eigenvalue weighted by atomic mass is 79.9. The quantitative estimate of drug-likeness (QED) is 0.782. The summed E-state index contributed by atoms with van der Waals surface area (Å²) in [5.74, 6) is 0.555. The van der Waals surface area contributed by atoms with Gasteiger partial charge >= 0.3 is 0 Å². The van der Waals surface area contributed by atoms with Crippen LogP contribution in [0.15, 0.2) is 17.6 Å². The third-order valence-electron chi connectivity index (χ3n) is 3.73. The lowest BCUT2D eigenvalue weighted by molar-refractivity contribution is 0.274. The first-order chi connectivity index (χ1) is 8.95. The van der Waals surface area contributed by atoms with E-state index in [0.29, 0.717) is 23.8 Å². The number of aromatic nitrogens is 2. The van der Waals surface area contributed by atoms with Crippen molar-refractivity contribution in [2.24, 2.45) is 5.92 Å². The van der Waals surface area contributed by atoms with Gasteiger partial charge in [-0.15, -0.1) is 0 Å². The van der Waals surface area contributed by atoms with Gasteiger partial charge in [0.25, 0.3) is 10.0 Å². The Bertz CT molecular complexity index is 519. The van der Waals surface area contributed by atoms with Gasteiger partial charge in [0, 0.05) is 30.7 Å². The Morgan fingerprint density at radius 3 is 2.58 bits per heavy atom. The van der Waals surface area contributed by atoms with Gasteiger partial charge in [0.1, 0.15) is 0 Å². The monoisotopic (exact) mass is 349 g/mol. The minimum atomic E-state index is -3.41. The Kier molecular flexibility index (Phi) is 4.68. The molecule has 2 heterocycles. The van der Waals surface area contributed by atoms with E-state index in [0.717, 1.165) is 19.4 Å². The molecule has 0 aromatic carbocycles. The van der Waals surface area contributed by atoms with Gasteiger partial charge in [-0.1, -0.05) is 22.9 Å². The predicted molar refractivity (Wildman–Crippen MR) is 77.8 cm³/mol. The third-order valence-corrected chi connectivity index (χ3v) is 6.26. The molecule has 0 N–H and O–H groups in total. The maximum absolute atomic E-state index is 12.4. The predicted octanol–water partition coefficient (Wildman–Crippen LogP) is 2.09. The molecule has 1 atom stereocenters. The summed E-state index contributed by atoms with van der Waals surface area (Å²) in [6.45, 7) is 5.98. The Morgan fingerprint density at radius 1 is 1.47 bits per heavy atom. The van der Waals surface area contributed by atoms with E-state index in [1.165, 1.54) is 0 Å². The fourth-order valence-electron chi connectivity index (χ4n) is 2.35. The fourth-order valence-corrected chi connectivity index (χ4v) is 4.29. The van der Waals surface area contributed by atoms with Crippen molar-refractivity contribution in [3.63, 3.8) is 0 Å². The highest BCUT2D eigenvalue weighted by Crippen LogP contribution is 2.27. The number of hydrogen-bond donors (Lipinski definition) is 0. The lowest BCUT2D eigenvalue weighted by Gasteiger charge is -2.31. The number of imidazole rings is 1. The highest BCUT2D eigenvalue weighted by Gasteiger charge is 2.31. The van der Waals surface area contributed by atoms with Crippen LogP contribution in [0, 0.1) is 5.92 Å². The van der Waals surface area contributed by atoms with E-state index in [1.54, 1.807) is 21.4 Å². The zero-order chi connectivity index (χ0) is 14.0. The number of aryl methyl sites for hydroxylation is 1. The molecule has 5 nitrogen and oxygen atoms in total. The number of piperidine rings is 1. The second-order valence-electron chi connectivity index (χ2n) is 4.96. The van der Waals surface area contributed by atoms with E-state index in [9.17, 15) is 8.42 Å². The molecular weight excluding hydrogens is 330 g/mol. The number of nitrogens with zero attached hydrogens (tertiary/aromatic N) is 3. The van der Waals surface area contributed by atoms with Crippen molar-refractivity contribution in [3.05, 3.63) is 12.5 Å². The SMILES string of the molecule is CCn1cnc(S(=O)(=O)N2CCC(C(C)Br)CC2)c1. The van der Waals surface area contributed by atoms with Gasteiger partial charge in [-0.05, 0) is 25.7 Å². The fraction of sp³-hybridized carbons (Fsp3) is 0.750. The Labute approximate surface area is 123 Å². The van der Waals surface area contributed by atoms with Crippen molar-refractivity contribution in [3.8, 4) is 0 Å². The molecule has 0 bridgehead atoms. The first-order valence-electron chi connectivity index (χ1n) is 6.61. The van der Waals surface area contributed by atoms with Gasteiger partial charge in [-0.3, -0.25) is 0 Å². The molecule has 1 aromatic rings. The molecule has 7 heteroatoms. The summed E-state index contributed by atoms with van der Waals surface area (Å²) in [4.78, 5) is 4.45. The topological polar surface area (TPSA) is 55.2 Å². The van der Waals surface area contributed by atoms with Crippen molar-refractivity contribution < 1.29 is 8.42 Å². The largest absolute Gasteiger partial charge is 0.336 e. The van der Waals surface area contributed by atoms with Gasteiger partial charge in [-0.2, -0.15) is 4.31 Å². The van der Waals surface area contributed by atoms with Crippen LogP contribution in [0.5, 0.6) is 0 Å². The van der Waals surface area contributed by atoms with Crippen LogP contribution in [0.4, 0.5) is 0 Å². The minimum Gasteiger partial charge on any atom is -0.336 e. The molecule has 108 valence electrons. The van der Waals surface area contributed by atoms with E-state index < -0.39 is 10.0 Å². The average molecular weight is 350 g/mol. The summed E-state index contributed by atoms with van der Waals surface area (Å²) in [5, 5.41) is 0.166. The maximum atomic E-state index is 12.4. The second kappa shape index (κ2) is 5.93. The molecule has 1 fully saturated rings. The zero-order valence-electron chi connectivity index (χ0n) is 11.3. The summed E-state index contributed by atoms with van der Waals surface area (Å²) in [6.07, 6.45) is 4.98. The number of alkyl halides is 1. The Balaban J connectivity index is 2.09. The molecule has 1 aliphatic heterocycles. The molecule has 0 amide bonds. The minimum absolute atomic E-state index is 0.166. The zero-order valence-corrected chi connectivity index (χ0v) is 13.7. The molecule has 1 saturated heterocycles. The van der Waals surface area contributed by atoms with Gasteiger partial charge in [-0.25, -0.2) is 13.4 Å². The number of halogens is 1. The molecule has 19 heavy (non-hydrogen) atoms. The van der Waals surface area contributed by atoms with Crippen LogP contribution < -0.4 is 0 Å². The average Bonchev–Trinajstić information content (AvgIpc) is 2.88. The molecular formula is C12H20BrN3O2S. The molecule has 1 unspecified atom stereocenters. The van der Waals surface area contributed by atoms with Crippen molar-refractivity contribution >= 4 is 26.0 Å². The van der Waals surface area contributed by atoms with Crippen molar-refractivity contribution in [1.29, 1.82) is 0 Å². The molecule has 0 radical (unpaired) electrons. The van der Waals surface area contributed by atoms with Crippen LogP contribution in [-0.2, 0) is 16.6 Å². The van der Waals surface area contributed by atoms with E-state index in [-0.39, 0.29) is 5.03 Å². The van der Waals surface area contributed by atoms with Gasteiger partial charge in [0.2, 0.25) is 0 Å². The molecule has 0 aliphatic carbocycles. The smallest absolute Gasteiger partial charge is 0.262 e. The molecule has 2 rings (SSSR count). The lowest BCUT2D eigenvalue weighted by Crippen LogP contribution is -2.40. The molecule has 0 spiro atoms. The van der Waals surface area contributed by atoms with Crippen LogP contribution in [0.2, 0.25) is 0 Å². The van der Waals surface area contributed by atoms with E-state index in [4.69, 9.17) is 0 Å². The summed E-state index contributed by atoms with van der Waals surface area (Å²) in [6, 6.07) is 0. The molecule has 1 aromatic heterocycles. The molecule has 1 aliphatic rings. The Morgan fingerprint density at radius 2 is 2.11 bits per heavy atom. The van der Waals surface area contributed by atoms with Crippen molar-refractivity contribution in [1.82, 2.24) is 13.9 Å². The van der Waals surface area contributed by atoms with Crippen LogP contribution in [0.25, 0.3) is 0 Å². The highest BCUT2D eigenvalue weighted by molar-refractivity contribution is 9.09. The van der Waals surface area contributed by atoms with E-state index in [2.05, 4.69) is 27.8 Å². The van der Waals surface area contributed by atoms with Crippen molar-refractivity contribution in [2.45, 2.75) is 43.1 Å². The summed E-state index contributed by atoms with van der Waals surface area (Å²) >= 11 is 3.58. The summed E-state index contributed by atoms with van der Waals surface area (Å²) in [5.41, 5.74) is 0. The molecule has 0 saturated carbocycles. The number of sulfonamides is 1. The summed E-state index contributed by atoms with van der Waals surface area (Å²) < 4.78 is 28.2. The number of hydrogen-bond acceptors (Lipinski definition) is 3. The van der Waals surface area contributed by atoms with Gasteiger partial charge in [0.15, 0.2) is 5.03 Å². The van der Waals surface area contributed by atoms with E-state index in [1.807, 2.05) is 6.92 Å². The van der Waals surface area contributed by atoms with Crippen LogP contribution in [0.1, 0.15) is 26.7 Å². The summed E-state index contributed by atoms with van der Waals surface area (Å²) in [7, 11) is -3.41. The van der Waals surface area contributed by atoms with Crippen LogP contribution in [0.3, 0.4) is 0 Å². The first-order valence-corrected chi connectivity index (χ1v) is 8.96. The Hall–Kier alpha value is -0.400. The number of rotatable bonds is 4. The lowest BCUT2D eigenvalue weighted by atomic mass is 9.96. The van der Waals surface area contributed by atoms with Crippen molar-refractivity contribution in [2.75, 3.05) is 13.1 Å². The normalized spacial score (nSPS) is 20.6. The van der Waals surface area contributed by atoms with Gasteiger partial charge in [0.05, 0.1) is 6.33 Å². The van der Waals surface area contributed by atoms with Crippen LogP contribution in [-0.4, -0.2) is 40.2 Å².